The van der Waals surface area contributed by atoms with Crippen molar-refractivity contribution in [2.24, 2.45) is 0 Å². The zero-order valence-electron chi connectivity index (χ0n) is 12.1. The van der Waals surface area contributed by atoms with Crippen molar-refractivity contribution in [3.63, 3.8) is 0 Å². The lowest BCUT2D eigenvalue weighted by atomic mass is 10.2. The standard InChI is InChI=1S/C15H20N2O2S/c1-4-19-15-7-12(5-6-14(15)18-3)8-16-9-13-10-20-11(2)17-13/h5-7,10,16H,4,8-9H2,1-3H3. The number of hydrogen-bond acceptors (Lipinski definition) is 5. The summed E-state index contributed by atoms with van der Waals surface area (Å²) in [7, 11) is 1.65. The average molecular weight is 292 g/mol. The van der Waals surface area contributed by atoms with Gasteiger partial charge < -0.3 is 14.8 Å². The van der Waals surface area contributed by atoms with E-state index in [1.807, 2.05) is 32.0 Å². The maximum absolute atomic E-state index is 5.57. The van der Waals surface area contributed by atoms with Crippen molar-refractivity contribution in [1.29, 1.82) is 0 Å². The van der Waals surface area contributed by atoms with Gasteiger partial charge >= 0.3 is 0 Å². The van der Waals surface area contributed by atoms with Crippen molar-refractivity contribution in [2.75, 3.05) is 13.7 Å². The average Bonchev–Trinajstić information content (AvgIpc) is 2.85. The highest BCUT2D eigenvalue weighted by Crippen LogP contribution is 2.27. The van der Waals surface area contributed by atoms with Crippen LogP contribution >= 0.6 is 11.3 Å². The first-order chi connectivity index (χ1) is 9.72. The van der Waals surface area contributed by atoms with Crippen LogP contribution in [0.2, 0.25) is 0 Å². The van der Waals surface area contributed by atoms with Crippen molar-refractivity contribution in [2.45, 2.75) is 26.9 Å². The predicted octanol–water partition coefficient (Wildman–Crippen LogP) is 3.15. The lowest BCUT2D eigenvalue weighted by molar-refractivity contribution is 0.310. The van der Waals surface area contributed by atoms with E-state index in [9.17, 15) is 0 Å². The molecule has 0 saturated heterocycles. The number of aryl methyl sites for hydroxylation is 1. The Morgan fingerprint density at radius 1 is 1.25 bits per heavy atom. The first-order valence-corrected chi connectivity index (χ1v) is 7.52. The first kappa shape index (κ1) is 14.8. The van der Waals surface area contributed by atoms with Crippen LogP contribution in [0.15, 0.2) is 23.6 Å². The number of nitrogens with one attached hydrogen (secondary N) is 1. The van der Waals surface area contributed by atoms with Gasteiger partial charge in [-0.2, -0.15) is 0 Å². The molecule has 0 radical (unpaired) electrons. The second-order valence-electron chi connectivity index (χ2n) is 4.38. The largest absolute Gasteiger partial charge is 0.493 e. The Bertz CT molecular complexity index is 555. The van der Waals surface area contributed by atoms with Crippen molar-refractivity contribution < 1.29 is 9.47 Å². The number of thiazole rings is 1. The molecule has 2 aromatic rings. The van der Waals surface area contributed by atoms with E-state index in [2.05, 4.69) is 15.7 Å². The molecule has 1 heterocycles. The van der Waals surface area contributed by atoms with Crippen LogP contribution in [-0.2, 0) is 13.1 Å². The lowest BCUT2D eigenvalue weighted by Gasteiger charge is -2.11. The minimum atomic E-state index is 0.630. The second kappa shape index (κ2) is 7.26. The van der Waals surface area contributed by atoms with Gasteiger partial charge in [-0.3, -0.25) is 0 Å². The highest BCUT2D eigenvalue weighted by atomic mass is 32.1. The molecule has 0 aliphatic carbocycles. The van der Waals surface area contributed by atoms with Gasteiger partial charge in [0.05, 0.1) is 24.4 Å². The molecule has 108 valence electrons. The number of ether oxygens (including phenoxy) is 2. The molecule has 20 heavy (non-hydrogen) atoms. The van der Waals surface area contributed by atoms with Gasteiger partial charge in [-0.15, -0.1) is 11.3 Å². The van der Waals surface area contributed by atoms with Crippen LogP contribution in [0.3, 0.4) is 0 Å². The molecule has 1 aromatic carbocycles. The fourth-order valence-electron chi connectivity index (χ4n) is 1.92. The van der Waals surface area contributed by atoms with E-state index in [1.54, 1.807) is 18.4 Å². The van der Waals surface area contributed by atoms with Crippen LogP contribution in [0, 0.1) is 6.92 Å². The summed E-state index contributed by atoms with van der Waals surface area (Å²) in [5.41, 5.74) is 2.26. The van der Waals surface area contributed by atoms with Crippen molar-refractivity contribution in [3.05, 3.63) is 39.8 Å². The number of methoxy groups -OCH3 is 1. The normalized spacial score (nSPS) is 10.6. The molecule has 1 N–H and O–H groups in total. The molecular weight excluding hydrogens is 272 g/mol. The predicted molar refractivity (Wildman–Crippen MR) is 81.6 cm³/mol. The lowest BCUT2D eigenvalue weighted by Crippen LogP contribution is -2.13. The number of hydrogen-bond donors (Lipinski definition) is 1. The van der Waals surface area contributed by atoms with Gasteiger partial charge in [0.1, 0.15) is 0 Å². The third-order valence-electron chi connectivity index (χ3n) is 2.83. The van der Waals surface area contributed by atoms with E-state index in [0.29, 0.717) is 6.61 Å². The van der Waals surface area contributed by atoms with Gasteiger partial charge in [-0.05, 0) is 31.5 Å². The SMILES string of the molecule is CCOc1cc(CNCc2csc(C)n2)ccc1OC. The van der Waals surface area contributed by atoms with E-state index in [-0.39, 0.29) is 0 Å². The van der Waals surface area contributed by atoms with Crippen LogP contribution in [0.5, 0.6) is 11.5 Å². The second-order valence-corrected chi connectivity index (χ2v) is 5.44. The summed E-state index contributed by atoms with van der Waals surface area (Å²) in [5, 5.41) is 6.57. The third kappa shape index (κ3) is 3.95. The van der Waals surface area contributed by atoms with Crippen molar-refractivity contribution in [1.82, 2.24) is 10.3 Å². The van der Waals surface area contributed by atoms with E-state index < -0.39 is 0 Å². The van der Waals surface area contributed by atoms with E-state index >= 15 is 0 Å². The molecule has 0 unspecified atom stereocenters. The maximum Gasteiger partial charge on any atom is 0.161 e. The molecule has 0 aliphatic heterocycles. The molecule has 0 fully saturated rings. The van der Waals surface area contributed by atoms with Crippen LogP contribution in [0.1, 0.15) is 23.2 Å². The molecule has 1 aromatic heterocycles. The minimum Gasteiger partial charge on any atom is -0.493 e. The highest BCUT2D eigenvalue weighted by molar-refractivity contribution is 7.09. The Labute approximate surface area is 123 Å². The Morgan fingerprint density at radius 3 is 2.75 bits per heavy atom. The molecule has 5 heteroatoms. The van der Waals surface area contributed by atoms with Gasteiger partial charge in [0.15, 0.2) is 11.5 Å². The summed E-state index contributed by atoms with van der Waals surface area (Å²) < 4.78 is 10.8. The zero-order chi connectivity index (χ0) is 14.4. The molecule has 0 aliphatic rings. The van der Waals surface area contributed by atoms with Gasteiger partial charge in [0.2, 0.25) is 0 Å². The van der Waals surface area contributed by atoms with Crippen LogP contribution < -0.4 is 14.8 Å². The Hall–Kier alpha value is -1.59. The quantitative estimate of drug-likeness (QED) is 0.851. The molecule has 4 nitrogen and oxygen atoms in total. The summed E-state index contributed by atoms with van der Waals surface area (Å²) >= 11 is 1.68. The Balaban J connectivity index is 1.93. The fraction of sp³-hybridized carbons (Fsp3) is 0.400. The molecule has 0 spiro atoms. The summed E-state index contributed by atoms with van der Waals surface area (Å²) in [6.07, 6.45) is 0. The Kier molecular flexibility index (Phi) is 5.38. The summed E-state index contributed by atoms with van der Waals surface area (Å²) in [5.74, 6) is 1.56. The molecule has 0 atom stereocenters. The summed E-state index contributed by atoms with van der Waals surface area (Å²) in [6, 6.07) is 6.00. The summed E-state index contributed by atoms with van der Waals surface area (Å²) in [4.78, 5) is 4.43. The van der Waals surface area contributed by atoms with E-state index in [0.717, 1.165) is 35.3 Å². The van der Waals surface area contributed by atoms with E-state index in [1.165, 1.54) is 5.56 Å². The van der Waals surface area contributed by atoms with Gasteiger partial charge in [-0.25, -0.2) is 4.98 Å². The summed E-state index contributed by atoms with van der Waals surface area (Å²) in [6.45, 7) is 6.17. The number of aromatic nitrogens is 1. The van der Waals surface area contributed by atoms with Crippen molar-refractivity contribution in [3.8, 4) is 11.5 Å². The third-order valence-corrected chi connectivity index (χ3v) is 3.65. The Morgan fingerprint density at radius 2 is 2.10 bits per heavy atom. The number of rotatable bonds is 7. The monoisotopic (exact) mass is 292 g/mol. The van der Waals surface area contributed by atoms with Crippen LogP contribution in [0.4, 0.5) is 0 Å². The van der Waals surface area contributed by atoms with E-state index in [4.69, 9.17) is 9.47 Å². The maximum atomic E-state index is 5.57. The van der Waals surface area contributed by atoms with Crippen molar-refractivity contribution >= 4 is 11.3 Å². The van der Waals surface area contributed by atoms with Crippen LogP contribution in [-0.4, -0.2) is 18.7 Å². The number of benzene rings is 1. The topological polar surface area (TPSA) is 43.4 Å². The fourth-order valence-corrected chi connectivity index (χ4v) is 2.54. The minimum absolute atomic E-state index is 0.630. The number of nitrogens with zero attached hydrogens (tertiary/aromatic N) is 1. The zero-order valence-corrected chi connectivity index (χ0v) is 12.9. The van der Waals surface area contributed by atoms with Gasteiger partial charge in [-0.1, -0.05) is 6.07 Å². The molecular formula is C15H20N2O2S. The molecule has 2 rings (SSSR count). The first-order valence-electron chi connectivity index (χ1n) is 6.64. The molecule has 0 bridgehead atoms. The highest BCUT2D eigenvalue weighted by Gasteiger charge is 2.05. The van der Waals surface area contributed by atoms with Crippen LogP contribution in [0.25, 0.3) is 0 Å². The molecule has 0 saturated carbocycles. The van der Waals surface area contributed by atoms with Gasteiger partial charge in [0.25, 0.3) is 0 Å². The van der Waals surface area contributed by atoms with Gasteiger partial charge in [0, 0.05) is 18.5 Å². The smallest absolute Gasteiger partial charge is 0.161 e. The molecule has 0 amide bonds.